The molecule has 23 heavy (non-hydrogen) atoms. The lowest BCUT2D eigenvalue weighted by molar-refractivity contribution is -0.123. The van der Waals surface area contributed by atoms with Crippen LogP contribution in [0, 0.1) is 5.92 Å². The van der Waals surface area contributed by atoms with Gasteiger partial charge in [0.05, 0.1) is 6.54 Å². The number of ketones is 2. The quantitative estimate of drug-likeness (QED) is 0.742. The SMILES string of the molecule is CCc1c(C(C)=O)c2c(n1CC(=O)C(C)CC)CCC(F)(F)C2. The third-order valence-corrected chi connectivity index (χ3v) is 4.92. The summed E-state index contributed by atoms with van der Waals surface area (Å²) in [7, 11) is 0. The van der Waals surface area contributed by atoms with E-state index >= 15 is 0 Å². The first-order chi connectivity index (χ1) is 10.7. The van der Waals surface area contributed by atoms with Crippen LogP contribution in [-0.4, -0.2) is 22.1 Å². The van der Waals surface area contributed by atoms with E-state index in [1.807, 2.05) is 25.3 Å². The number of fused-ring (bicyclic) bond motifs is 1. The fraction of sp³-hybridized carbons (Fsp3) is 0.667. The maximum absolute atomic E-state index is 13.8. The first-order valence-electron chi connectivity index (χ1n) is 8.36. The normalized spacial score (nSPS) is 17.7. The third-order valence-electron chi connectivity index (χ3n) is 4.92. The van der Waals surface area contributed by atoms with Crippen molar-refractivity contribution < 1.29 is 18.4 Å². The molecule has 0 aromatic carbocycles. The monoisotopic (exact) mass is 325 g/mol. The van der Waals surface area contributed by atoms with Crippen LogP contribution in [0.3, 0.4) is 0 Å². The summed E-state index contributed by atoms with van der Waals surface area (Å²) >= 11 is 0. The smallest absolute Gasteiger partial charge is 0.252 e. The Morgan fingerprint density at radius 1 is 1.30 bits per heavy atom. The van der Waals surface area contributed by atoms with Gasteiger partial charge in [-0.05, 0) is 31.7 Å². The van der Waals surface area contributed by atoms with E-state index in [2.05, 4.69) is 0 Å². The lowest BCUT2D eigenvalue weighted by atomic mass is 9.90. The third kappa shape index (κ3) is 3.38. The predicted octanol–water partition coefficient (Wildman–Crippen LogP) is 3.99. The number of carbonyl (C=O) groups excluding carboxylic acids is 2. The first kappa shape index (κ1) is 17.8. The van der Waals surface area contributed by atoms with E-state index in [0.717, 1.165) is 17.8 Å². The van der Waals surface area contributed by atoms with Gasteiger partial charge in [0.25, 0.3) is 5.92 Å². The molecule has 1 aliphatic rings. The molecule has 0 N–H and O–H groups in total. The Balaban J connectivity index is 2.54. The zero-order chi connectivity index (χ0) is 17.4. The van der Waals surface area contributed by atoms with Crippen LogP contribution in [-0.2, 0) is 30.6 Å². The van der Waals surface area contributed by atoms with E-state index in [-0.39, 0.29) is 36.9 Å². The fourth-order valence-electron chi connectivity index (χ4n) is 3.42. The zero-order valence-corrected chi connectivity index (χ0v) is 14.3. The molecule has 3 nitrogen and oxygen atoms in total. The summed E-state index contributed by atoms with van der Waals surface area (Å²) in [6, 6.07) is 0. The van der Waals surface area contributed by atoms with E-state index in [4.69, 9.17) is 0 Å². The first-order valence-corrected chi connectivity index (χ1v) is 8.36. The summed E-state index contributed by atoms with van der Waals surface area (Å²) in [5, 5.41) is 0. The summed E-state index contributed by atoms with van der Waals surface area (Å²) in [6.45, 7) is 7.33. The van der Waals surface area contributed by atoms with Crippen molar-refractivity contribution in [3.05, 3.63) is 22.5 Å². The van der Waals surface area contributed by atoms with Crippen LogP contribution in [0.5, 0.6) is 0 Å². The van der Waals surface area contributed by atoms with Crippen LogP contribution in [0.2, 0.25) is 0 Å². The molecule has 0 amide bonds. The molecule has 1 aliphatic carbocycles. The number of halogens is 2. The summed E-state index contributed by atoms with van der Waals surface area (Å²) < 4.78 is 29.5. The number of nitrogens with zero attached hydrogens (tertiary/aromatic N) is 1. The molecular weight excluding hydrogens is 300 g/mol. The summed E-state index contributed by atoms with van der Waals surface area (Å²) in [5.74, 6) is -2.93. The molecule has 0 saturated carbocycles. The molecule has 1 aromatic heterocycles. The number of hydrogen-bond acceptors (Lipinski definition) is 2. The van der Waals surface area contributed by atoms with Gasteiger partial charge < -0.3 is 4.57 Å². The Bertz CT molecular complexity index is 631. The fourth-order valence-corrected chi connectivity index (χ4v) is 3.42. The van der Waals surface area contributed by atoms with Crippen molar-refractivity contribution in [2.24, 2.45) is 5.92 Å². The van der Waals surface area contributed by atoms with Crippen molar-refractivity contribution in [2.45, 2.75) is 72.3 Å². The lowest BCUT2D eigenvalue weighted by Crippen LogP contribution is -2.28. The topological polar surface area (TPSA) is 39.1 Å². The molecule has 1 heterocycles. The molecule has 1 aromatic rings. The molecule has 1 atom stereocenters. The molecule has 0 radical (unpaired) electrons. The van der Waals surface area contributed by atoms with Gasteiger partial charge in [-0.15, -0.1) is 0 Å². The summed E-state index contributed by atoms with van der Waals surface area (Å²) in [6.07, 6.45) is 0.913. The number of alkyl halides is 2. The highest BCUT2D eigenvalue weighted by Gasteiger charge is 2.39. The van der Waals surface area contributed by atoms with E-state index in [9.17, 15) is 18.4 Å². The minimum absolute atomic E-state index is 0.0661. The molecule has 0 spiro atoms. The van der Waals surface area contributed by atoms with Gasteiger partial charge in [0.1, 0.15) is 0 Å². The molecule has 0 fully saturated rings. The van der Waals surface area contributed by atoms with Crippen molar-refractivity contribution >= 4 is 11.6 Å². The standard InChI is InChI=1S/C18H25F2NO2/c1-5-11(3)16(23)10-21-14(6-2)17(12(4)22)13-9-18(19,20)8-7-15(13)21/h11H,5-10H2,1-4H3. The second kappa shape index (κ2) is 6.54. The van der Waals surface area contributed by atoms with E-state index in [1.54, 1.807) is 0 Å². The van der Waals surface area contributed by atoms with Gasteiger partial charge in [-0.2, -0.15) is 0 Å². The van der Waals surface area contributed by atoms with Gasteiger partial charge in [-0.1, -0.05) is 20.8 Å². The van der Waals surface area contributed by atoms with Gasteiger partial charge in [-0.25, -0.2) is 8.78 Å². The second-order valence-corrected chi connectivity index (χ2v) is 6.55. The highest BCUT2D eigenvalue weighted by atomic mass is 19.3. The highest BCUT2D eigenvalue weighted by molar-refractivity contribution is 5.97. The Hall–Kier alpha value is -1.52. The maximum Gasteiger partial charge on any atom is 0.252 e. The molecular formula is C18H25F2NO2. The van der Waals surface area contributed by atoms with E-state index in [1.165, 1.54) is 6.92 Å². The van der Waals surface area contributed by atoms with Gasteiger partial charge >= 0.3 is 0 Å². The summed E-state index contributed by atoms with van der Waals surface area (Å²) in [4.78, 5) is 24.4. The molecule has 0 saturated heterocycles. The van der Waals surface area contributed by atoms with Gasteiger partial charge in [-0.3, -0.25) is 9.59 Å². The molecule has 0 bridgehead atoms. The van der Waals surface area contributed by atoms with Crippen molar-refractivity contribution in [2.75, 3.05) is 0 Å². The predicted molar refractivity (Wildman–Crippen MR) is 85.2 cm³/mol. The van der Waals surface area contributed by atoms with Gasteiger partial charge in [0.2, 0.25) is 0 Å². The summed E-state index contributed by atoms with van der Waals surface area (Å²) in [5.41, 5.74) is 2.37. The molecule has 2 rings (SSSR count). The Labute approximate surface area is 136 Å². The molecule has 128 valence electrons. The molecule has 1 unspecified atom stereocenters. The number of Topliss-reactive ketones (excluding diaryl/α,β-unsaturated/α-hetero) is 2. The van der Waals surface area contributed by atoms with Crippen LogP contribution in [0.4, 0.5) is 8.78 Å². The van der Waals surface area contributed by atoms with Crippen molar-refractivity contribution in [1.82, 2.24) is 4.57 Å². The van der Waals surface area contributed by atoms with Gasteiger partial charge in [0.15, 0.2) is 11.6 Å². The van der Waals surface area contributed by atoms with Crippen LogP contribution in [0.25, 0.3) is 0 Å². The maximum atomic E-state index is 13.8. The number of aromatic nitrogens is 1. The Morgan fingerprint density at radius 2 is 1.96 bits per heavy atom. The largest absolute Gasteiger partial charge is 0.340 e. The molecule has 5 heteroatoms. The average Bonchev–Trinajstić information content (AvgIpc) is 2.77. The Kier molecular flexibility index (Phi) is 5.07. The Morgan fingerprint density at radius 3 is 2.48 bits per heavy atom. The highest BCUT2D eigenvalue weighted by Crippen LogP contribution is 2.38. The number of rotatable bonds is 6. The lowest BCUT2D eigenvalue weighted by Gasteiger charge is -2.24. The van der Waals surface area contributed by atoms with Crippen LogP contribution in [0.15, 0.2) is 0 Å². The van der Waals surface area contributed by atoms with Crippen LogP contribution < -0.4 is 0 Å². The van der Waals surface area contributed by atoms with Crippen LogP contribution in [0.1, 0.15) is 67.8 Å². The number of hydrogen-bond donors (Lipinski definition) is 0. The molecule has 0 aliphatic heterocycles. The number of carbonyl (C=O) groups is 2. The minimum atomic E-state index is -2.77. The van der Waals surface area contributed by atoms with Crippen LogP contribution >= 0.6 is 0 Å². The van der Waals surface area contributed by atoms with Gasteiger partial charge in [0, 0.05) is 35.7 Å². The van der Waals surface area contributed by atoms with Crippen molar-refractivity contribution in [3.8, 4) is 0 Å². The van der Waals surface area contributed by atoms with E-state index < -0.39 is 12.3 Å². The van der Waals surface area contributed by atoms with E-state index in [0.29, 0.717) is 17.5 Å². The zero-order valence-electron chi connectivity index (χ0n) is 14.3. The van der Waals surface area contributed by atoms with Crippen molar-refractivity contribution in [1.29, 1.82) is 0 Å². The average molecular weight is 325 g/mol. The minimum Gasteiger partial charge on any atom is -0.340 e. The second-order valence-electron chi connectivity index (χ2n) is 6.55. The van der Waals surface area contributed by atoms with Crippen molar-refractivity contribution in [3.63, 3.8) is 0 Å².